The number of para-hydroxylation sites is 1. The van der Waals surface area contributed by atoms with Gasteiger partial charge in [0.25, 0.3) is 0 Å². The van der Waals surface area contributed by atoms with Crippen LogP contribution in [0.15, 0.2) is 48.5 Å². The van der Waals surface area contributed by atoms with Gasteiger partial charge < -0.3 is 10.1 Å². The molecule has 0 aliphatic carbocycles. The lowest BCUT2D eigenvalue weighted by molar-refractivity contribution is -0.122. The van der Waals surface area contributed by atoms with Gasteiger partial charge in [0.05, 0.1) is 30.4 Å². The molecule has 25 heavy (non-hydrogen) atoms. The summed E-state index contributed by atoms with van der Waals surface area (Å²) in [7, 11) is 3.57. The molecular formula is C19H21N3O2S. The number of methoxy groups -OCH3 is 1. The van der Waals surface area contributed by atoms with Crippen molar-refractivity contribution in [2.75, 3.05) is 20.7 Å². The molecule has 6 heteroatoms. The maximum atomic E-state index is 12.1. The summed E-state index contributed by atoms with van der Waals surface area (Å²) in [6.45, 7) is 1.51. The Labute approximate surface area is 151 Å². The molecule has 0 radical (unpaired) electrons. The average molecular weight is 355 g/mol. The number of ether oxygens (including phenoxy) is 1. The zero-order valence-corrected chi connectivity index (χ0v) is 15.2. The van der Waals surface area contributed by atoms with E-state index in [0.29, 0.717) is 19.6 Å². The van der Waals surface area contributed by atoms with E-state index in [2.05, 4.69) is 16.4 Å². The van der Waals surface area contributed by atoms with Crippen LogP contribution in [-0.4, -0.2) is 36.5 Å². The Morgan fingerprint density at radius 1 is 1.20 bits per heavy atom. The van der Waals surface area contributed by atoms with Gasteiger partial charge in [-0.05, 0) is 36.9 Å². The number of amides is 1. The molecule has 0 aliphatic heterocycles. The number of aromatic nitrogens is 1. The molecule has 1 N–H and O–H groups in total. The summed E-state index contributed by atoms with van der Waals surface area (Å²) in [5.41, 5.74) is 2.06. The van der Waals surface area contributed by atoms with Crippen LogP contribution >= 0.6 is 11.3 Å². The summed E-state index contributed by atoms with van der Waals surface area (Å²) < 4.78 is 6.30. The smallest absolute Gasteiger partial charge is 0.234 e. The minimum Gasteiger partial charge on any atom is -0.497 e. The number of hydrogen-bond acceptors (Lipinski definition) is 5. The molecule has 1 amide bonds. The van der Waals surface area contributed by atoms with Crippen LogP contribution in [0.1, 0.15) is 10.6 Å². The van der Waals surface area contributed by atoms with Crippen LogP contribution < -0.4 is 10.1 Å². The first-order valence-corrected chi connectivity index (χ1v) is 8.88. The van der Waals surface area contributed by atoms with Crippen molar-refractivity contribution in [2.24, 2.45) is 0 Å². The Kier molecular flexibility index (Phi) is 5.63. The molecule has 3 aromatic rings. The molecule has 0 spiro atoms. The maximum Gasteiger partial charge on any atom is 0.234 e. The molecule has 0 aliphatic rings. The molecule has 130 valence electrons. The monoisotopic (exact) mass is 355 g/mol. The predicted molar refractivity (Wildman–Crippen MR) is 101 cm³/mol. The molecular weight excluding hydrogens is 334 g/mol. The van der Waals surface area contributed by atoms with Gasteiger partial charge in [0.1, 0.15) is 10.8 Å². The van der Waals surface area contributed by atoms with E-state index in [9.17, 15) is 4.79 Å². The molecule has 0 fully saturated rings. The van der Waals surface area contributed by atoms with Gasteiger partial charge in [-0.15, -0.1) is 11.3 Å². The first-order chi connectivity index (χ1) is 12.1. The third kappa shape index (κ3) is 4.78. The van der Waals surface area contributed by atoms with Gasteiger partial charge in [-0.1, -0.05) is 24.3 Å². The highest BCUT2D eigenvalue weighted by Gasteiger charge is 2.10. The normalized spacial score (nSPS) is 11.0. The largest absolute Gasteiger partial charge is 0.497 e. The number of nitrogens with one attached hydrogen (secondary N) is 1. The number of carbonyl (C=O) groups is 1. The lowest BCUT2D eigenvalue weighted by atomic mass is 10.2. The molecule has 2 aromatic carbocycles. The van der Waals surface area contributed by atoms with Gasteiger partial charge in [0, 0.05) is 6.54 Å². The van der Waals surface area contributed by atoms with E-state index >= 15 is 0 Å². The Bertz CT molecular complexity index is 812. The van der Waals surface area contributed by atoms with Crippen molar-refractivity contribution in [3.8, 4) is 5.75 Å². The van der Waals surface area contributed by atoms with E-state index in [1.165, 1.54) is 4.70 Å². The summed E-state index contributed by atoms with van der Waals surface area (Å²) in [5.74, 6) is 0.810. The van der Waals surface area contributed by atoms with E-state index in [1.807, 2.05) is 54.4 Å². The van der Waals surface area contributed by atoms with Gasteiger partial charge in [-0.25, -0.2) is 4.98 Å². The highest BCUT2D eigenvalue weighted by Crippen LogP contribution is 2.22. The van der Waals surface area contributed by atoms with E-state index in [1.54, 1.807) is 18.4 Å². The van der Waals surface area contributed by atoms with Gasteiger partial charge in [0.15, 0.2) is 0 Å². The molecule has 0 unspecified atom stereocenters. The Morgan fingerprint density at radius 3 is 2.68 bits per heavy atom. The lowest BCUT2D eigenvalue weighted by Crippen LogP contribution is -2.34. The SMILES string of the molecule is COc1ccc(CNC(=O)CN(C)Cc2nc3ccccc3s2)cc1. The maximum absolute atomic E-state index is 12.1. The number of rotatable bonds is 7. The highest BCUT2D eigenvalue weighted by molar-refractivity contribution is 7.18. The van der Waals surface area contributed by atoms with Crippen LogP contribution in [0, 0.1) is 0 Å². The molecule has 1 aromatic heterocycles. The fourth-order valence-electron chi connectivity index (χ4n) is 2.52. The van der Waals surface area contributed by atoms with Crippen molar-refractivity contribution in [1.29, 1.82) is 0 Å². The molecule has 5 nitrogen and oxygen atoms in total. The summed E-state index contributed by atoms with van der Waals surface area (Å²) in [6, 6.07) is 15.8. The van der Waals surface area contributed by atoms with E-state index < -0.39 is 0 Å². The van der Waals surface area contributed by atoms with Crippen molar-refractivity contribution in [2.45, 2.75) is 13.1 Å². The third-order valence-electron chi connectivity index (χ3n) is 3.81. The molecule has 0 bridgehead atoms. The van der Waals surface area contributed by atoms with E-state index in [-0.39, 0.29) is 5.91 Å². The summed E-state index contributed by atoms with van der Waals surface area (Å²) in [5, 5.41) is 3.96. The number of fused-ring (bicyclic) bond motifs is 1. The van der Waals surface area contributed by atoms with Crippen molar-refractivity contribution in [1.82, 2.24) is 15.2 Å². The number of hydrogen-bond donors (Lipinski definition) is 1. The number of carbonyl (C=O) groups excluding carboxylic acids is 1. The predicted octanol–water partition coefficient (Wildman–Crippen LogP) is 3.05. The first-order valence-electron chi connectivity index (χ1n) is 8.06. The Hall–Kier alpha value is -2.44. The summed E-state index contributed by atoms with van der Waals surface area (Å²) >= 11 is 1.67. The Morgan fingerprint density at radius 2 is 1.96 bits per heavy atom. The van der Waals surface area contributed by atoms with Crippen LogP contribution in [0.25, 0.3) is 10.2 Å². The fourth-order valence-corrected chi connectivity index (χ4v) is 3.57. The zero-order chi connectivity index (χ0) is 17.6. The number of benzene rings is 2. The second-order valence-electron chi connectivity index (χ2n) is 5.87. The molecule has 1 heterocycles. The van der Waals surface area contributed by atoms with Crippen molar-refractivity contribution in [3.05, 3.63) is 59.1 Å². The van der Waals surface area contributed by atoms with E-state index in [4.69, 9.17) is 4.74 Å². The second-order valence-corrected chi connectivity index (χ2v) is 6.99. The third-order valence-corrected chi connectivity index (χ3v) is 4.83. The minimum absolute atomic E-state index is 0.000529. The van der Waals surface area contributed by atoms with Crippen molar-refractivity contribution in [3.63, 3.8) is 0 Å². The second kappa shape index (κ2) is 8.09. The van der Waals surface area contributed by atoms with Gasteiger partial charge >= 0.3 is 0 Å². The molecule has 0 atom stereocenters. The molecule has 3 rings (SSSR count). The first kappa shape index (κ1) is 17.4. The number of thiazole rings is 1. The molecule has 0 saturated heterocycles. The highest BCUT2D eigenvalue weighted by atomic mass is 32.1. The van der Waals surface area contributed by atoms with Crippen LogP contribution in [0.4, 0.5) is 0 Å². The summed E-state index contributed by atoms with van der Waals surface area (Å²) in [4.78, 5) is 18.7. The van der Waals surface area contributed by atoms with Crippen LogP contribution in [0.2, 0.25) is 0 Å². The topological polar surface area (TPSA) is 54.5 Å². The van der Waals surface area contributed by atoms with Crippen molar-refractivity contribution >= 4 is 27.5 Å². The van der Waals surface area contributed by atoms with Crippen LogP contribution in [0.5, 0.6) is 5.75 Å². The van der Waals surface area contributed by atoms with Gasteiger partial charge in [0.2, 0.25) is 5.91 Å². The van der Waals surface area contributed by atoms with Crippen molar-refractivity contribution < 1.29 is 9.53 Å². The number of nitrogens with zero attached hydrogens (tertiary/aromatic N) is 2. The lowest BCUT2D eigenvalue weighted by Gasteiger charge is -2.14. The standard InChI is InChI=1S/C19H21N3O2S/c1-22(13-19-21-16-5-3-4-6-17(16)25-19)12-18(23)20-11-14-7-9-15(24-2)10-8-14/h3-10H,11-13H2,1-2H3,(H,20,23). The summed E-state index contributed by atoms with van der Waals surface area (Å²) in [6.07, 6.45) is 0. The quantitative estimate of drug-likeness (QED) is 0.708. The van der Waals surface area contributed by atoms with Crippen LogP contribution in [-0.2, 0) is 17.9 Å². The van der Waals surface area contributed by atoms with Gasteiger partial charge in [-0.2, -0.15) is 0 Å². The Balaban J connectivity index is 1.48. The number of likely N-dealkylation sites (N-methyl/N-ethyl adjacent to an activating group) is 1. The fraction of sp³-hybridized carbons (Fsp3) is 0.263. The van der Waals surface area contributed by atoms with E-state index in [0.717, 1.165) is 21.8 Å². The van der Waals surface area contributed by atoms with Gasteiger partial charge in [-0.3, -0.25) is 9.69 Å². The average Bonchev–Trinajstić information content (AvgIpc) is 3.02. The molecule has 0 saturated carbocycles. The minimum atomic E-state index is -0.000529. The zero-order valence-electron chi connectivity index (χ0n) is 14.4. The van der Waals surface area contributed by atoms with Crippen LogP contribution in [0.3, 0.4) is 0 Å².